The highest BCUT2D eigenvalue weighted by atomic mass is 127. The zero-order valence-corrected chi connectivity index (χ0v) is 16.8. The van der Waals surface area contributed by atoms with E-state index in [1.54, 1.807) is 25.7 Å². The van der Waals surface area contributed by atoms with Crippen LogP contribution in [0, 0.1) is 0 Å². The average Bonchev–Trinajstić information content (AvgIpc) is 2.38. The van der Waals surface area contributed by atoms with Gasteiger partial charge in [0.05, 0.1) is 5.75 Å². The van der Waals surface area contributed by atoms with E-state index in [9.17, 15) is 8.42 Å². The highest BCUT2D eigenvalue weighted by Crippen LogP contribution is 2.19. The zero-order chi connectivity index (χ0) is 14.9. The second-order valence-corrected chi connectivity index (χ2v) is 8.22. The van der Waals surface area contributed by atoms with Gasteiger partial charge in [-0.2, -0.15) is 11.8 Å². The van der Waals surface area contributed by atoms with Crippen LogP contribution in [0.4, 0.5) is 0 Å². The number of rotatable bonds is 8. The number of thioether (sulfide) groups is 1. The maximum absolute atomic E-state index is 11.2. The second-order valence-electron chi connectivity index (χ2n) is 4.61. The van der Waals surface area contributed by atoms with E-state index < -0.39 is 10.0 Å². The SMILES string of the molecule is CCS(=O)(=O)NCCNC(=NC)NCC(C)(C)SC.I. The standard InChI is InChI=1S/C11H26N4O2S2.HI/c1-6-19(16,17)15-8-7-13-10(12-4)14-9-11(2,3)18-5;/h15H,6-9H2,1-5H3,(H2,12,13,14);1H. The lowest BCUT2D eigenvalue weighted by Gasteiger charge is -2.23. The molecular weight excluding hydrogens is 411 g/mol. The molecule has 0 unspecified atom stereocenters. The highest BCUT2D eigenvalue weighted by Gasteiger charge is 2.16. The molecule has 0 aliphatic rings. The molecule has 3 N–H and O–H groups in total. The van der Waals surface area contributed by atoms with Crippen LogP contribution in [0.1, 0.15) is 20.8 Å². The van der Waals surface area contributed by atoms with Gasteiger partial charge in [0.2, 0.25) is 10.0 Å². The van der Waals surface area contributed by atoms with Crippen LogP contribution >= 0.6 is 35.7 Å². The lowest BCUT2D eigenvalue weighted by atomic mass is 10.2. The molecule has 0 saturated carbocycles. The summed E-state index contributed by atoms with van der Waals surface area (Å²) in [6.07, 6.45) is 2.07. The smallest absolute Gasteiger partial charge is 0.211 e. The first-order valence-corrected chi connectivity index (χ1v) is 9.11. The Morgan fingerprint density at radius 3 is 2.30 bits per heavy atom. The third-order valence-corrected chi connectivity index (χ3v) is 5.23. The molecule has 0 fully saturated rings. The Labute approximate surface area is 144 Å². The fourth-order valence-electron chi connectivity index (χ4n) is 1.08. The predicted octanol–water partition coefficient (Wildman–Crippen LogP) is 0.850. The van der Waals surface area contributed by atoms with Crippen molar-refractivity contribution >= 4 is 51.7 Å². The quantitative estimate of drug-likeness (QED) is 0.227. The number of sulfonamides is 1. The van der Waals surface area contributed by atoms with E-state index in [1.807, 2.05) is 0 Å². The first-order chi connectivity index (χ1) is 8.76. The van der Waals surface area contributed by atoms with Crippen LogP contribution in [0.5, 0.6) is 0 Å². The molecule has 0 bridgehead atoms. The summed E-state index contributed by atoms with van der Waals surface area (Å²) in [7, 11) is -1.43. The Balaban J connectivity index is 0. The van der Waals surface area contributed by atoms with Crippen LogP contribution in [0.2, 0.25) is 0 Å². The Kier molecular flexibility index (Phi) is 12.3. The molecule has 6 nitrogen and oxygen atoms in total. The first kappa shape index (κ1) is 22.5. The van der Waals surface area contributed by atoms with Gasteiger partial charge in [-0.15, -0.1) is 24.0 Å². The summed E-state index contributed by atoms with van der Waals surface area (Å²) in [4.78, 5) is 4.09. The van der Waals surface area contributed by atoms with Crippen LogP contribution in [-0.2, 0) is 10.0 Å². The molecule has 0 heterocycles. The van der Waals surface area contributed by atoms with Crippen LogP contribution < -0.4 is 15.4 Å². The minimum Gasteiger partial charge on any atom is -0.355 e. The van der Waals surface area contributed by atoms with Gasteiger partial charge in [-0.1, -0.05) is 0 Å². The van der Waals surface area contributed by atoms with Gasteiger partial charge in [0.1, 0.15) is 0 Å². The molecule has 0 aromatic heterocycles. The van der Waals surface area contributed by atoms with Crippen molar-refractivity contribution in [3.8, 4) is 0 Å². The van der Waals surface area contributed by atoms with Crippen molar-refractivity contribution in [1.82, 2.24) is 15.4 Å². The largest absolute Gasteiger partial charge is 0.355 e. The summed E-state index contributed by atoms with van der Waals surface area (Å²) in [5.74, 6) is 0.778. The van der Waals surface area contributed by atoms with Crippen LogP contribution in [-0.4, -0.2) is 57.8 Å². The lowest BCUT2D eigenvalue weighted by Crippen LogP contribution is -2.45. The molecule has 0 rings (SSSR count). The Morgan fingerprint density at radius 1 is 1.25 bits per heavy atom. The Bertz CT molecular complexity index is 386. The van der Waals surface area contributed by atoms with E-state index >= 15 is 0 Å². The summed E-state index contributed by atoms with van der Waals surface area (Å²) < 4.78 is 25.1. The van der Waals surface area contributed by atoms with E-state index in [1.165, 1.54) is 0 Å². The normalized spacial score (nSPS) is 12.8. The van der Waals surface area contributed by atoms with Crippen LogP contribution in [0.25, 0.3) is 0 Å². The van der Waals surface area contributed by atoms with Crippen LogP contribution in [0.3, 0.4) is 0 Å². The maximum Gasteiger partial charge on any atom is 0.211 e. The molecular formula is C11H27IN4O2S2. The number of hydrogen-bond donors (Lipinski definition) is 3. The van der Waals surface area contributed by atoms with E-state index in [2.05, 4.69) is 40.5 Å². The van der Waals surface area contributed by atoms with Gasteiger partial charge in [-0.3, -0.25) is 4.99 Å². The number of nitrogens with zero attached hydrogens (tertiary/aromatic N) is 1. The summed E-state index contributed by atoms with van der Waals surface area (Å²) in [6.45, 7) is 7.54. The molecule has 0 atom stereocenters. The van der Waals surface area contributed by atoms with Crippen molar-refractivity contribution in [2.75, 3.05) is 38.7 Å². The molecule has 0 amide bonds. The van der Waals surface area contributed by atoms with Crippen molar-refractivity contribution in [3.63, 3.8) is 0 Å². The minimum absolute atomic E-state index is 0. The Hall–Kier alpha value is 0.260. The number of nitrogens with one attached hydrogen (secondary N) is 3. The molecule has 122 valence electrons. The fraction of sp³-hybridized carbons (Fsp3) is 0.909. The van der Waals surface area contributed by atoms with E-state index in [-0.39, 0.29) is 34.5 Å². The van der Waals surface area contributed by atoms with Crippen LogP contribution in [0.15, 0.2) is 4.99 Å². The summed E-state index contributed by atoms with van der Waals surface area (Å²) in [5.41, 5.74) is 0. The van der Waals surface area contributed by atoms with Gasteiger partial charge in [-0.05, 0) is 27.0 Å². The molecule has 9 heteroatoms. The molecule has 20 heavy (non-hydrogen) atoms. The van der Waals surface area contributed by atoms with Gasteiger partial charge in [0.15, 0.2) is 5.96 Å². The van der Waals surface area contributed by atoms with E-state index in [0.29, 0.717) is 19.0 Å². The van der Waals surface area contributed by atoms with Crippen molar-refractivity contribution in [3.05, 3.63) is 0 Å². The van der Waals surface area contributed by atoms with Crippen molar-refractivity contribution < 1.29 is 8.42 Å². The number of guanidine groups is 1. The lowest BCUT2D eigenvalue weighted by molar-refractivity contribution is 0.581. The minimum atomic E-state index is -3.12. The third kappa shape index (κ3) is 11.0. The van der Waals surface area contributed by atoms with Gasteiger partial charge in [0, 0.05) is 31.4 Å². The molecule has 0 aromatic rings. The molecule has 0 aliphatic carbocycles. The monoisotopic (exact) mass is 438 g/mol. The van der Waals surface area contributed by atoms with Crippen molar-refractivity contribution in [1.29, 1.82) is 0 Å². The second kappa shape index (κ2) is 10.9. The predicted molar refractivity (Wildman–Crippen MR) is 99.8 cm³/mol. The van der Waals surface area contributed by atoms with Gasteiger partial charge in [-0.25, -0.2) is 13.1 Å². The van der Waals surface area contributed by atoms with Gasteiger partial charge >= 0.3 is 0 Å². The van der Waals surface area contributed by atoms with Crippen molar-refractivity contribution in [2.45, 2.75) is 25.5 Å². The highest BCUT2D eigenvalue weighted by molar-refractivity contribution is 14.0. The fourth-order valence-corrected chi connectivity index (χ4v) is 1.91. The molecule has 0 aromatic carbocycles. The average molecular weight is 438 g/mol. The summed E-state index contributed by atoms with van der Waals surface area (Å²) in [6, 6.07) is 0. The Morgan fingerprint density at radius 2 is 1.85 bits per heavy atom. The molecule has 0 radical (unpaired) electrons. The number of halogens is 1. The molecule has 0 spiro atoms. The third-order valence-electron chi connectivity index (χ3n) is 2.58. The summed E-state index contributed by atoms with van der Waals surface area (Å²) >= 11 is 1.78. The zero-order valence-electron chi connectivity index (χ0n) is 12.8. The maximum atomic E-state index is 11.2. The van der Waals surface area contributed by atoms with Gasteiger partial charge in [0.25, 0.3) is 0 Å². The molecule has 0 saturated heterocycles. The molecule has 0 aliphatic heterocycles. The number of hydrogen-bond acceptors (Lipinski definition) is 4. The van der Waals surface area contributed by atoms with Crippen molar-refractivity contribution in [2.24, 2.45) is 4.99 Å². The topological polar surface area (TPSA) is 82.6 Å². The number of aliphatic imine (C=N–C) groups is 1. The van der Waals surface area contributed by atoms with E-state index in [4.69, 9.17) is 0 Å². The van der Waals surface area contributed by atoms with Gasteiger partial charge < -0.3 is 10.6 Å². The first-order valence-electron chi connectivity index (χ1n) is 6.23. The summed E-state index contributed by atoms with van der Waals surface area (Å²) in [5, 5.41) is 6.28. The van der Waals surface area contributed by atoms with E-state index in [0.717, 1.165) is 6.54 Å².